The van der Waals surface area contributed by atoms with E-state index in [2.05, 4.69) is 93.5 Å². The number of morpholine rings is 3. The van der Waals surface area contributed by atoms with Crippen molar-refractivity contribution in [2.75, 3.05) is 74.0 Å². The maximum absolute atomic E-state index is 10.0. The minimum Gasteiger partial charge on any atom is -0.387 e. The molecule has 0 amide bonds. The van der Waals surface area contributed by atoms with Gasteiger partial charge in [0, 0.05) is 63.0 Å². The summed E-state index contributed by atoms with van der Waals surface area (Å²) in [5, 5.41) is 13.9. The van der Waals surface area contributed by atoms with Crippen LogP contribution in [0.2, 0.25) is 0 Å². The standard InChI is InChI=1S/C11H12BrN5O.C11H14BrN3O.C11H13BrN2O2/c12-7-3-10-11(14-5-7)9(15-16-13)4-8-6-18-2-1-17(8)10;12-7-3-10-11(14-5-7)9(13)4-8-6-16-2-1-15(8)10;12-7-3-9-11(13-5-7)10(15)4-8-6-16-2-1-14(8)9/h3,5,8-9H,1-2,4,6H2;3,5,8-9H,1-2,4,6,13H2;3,5,8,10,15H,1-2,4,6H2. The van der Waals surface area contributed by atoms with Gasteiger partial charge < -0.3 is 39.8 Å². The zero-order chi connectivity index (χ0) is 34.8. The number of azide groups is 1. The number of aromatic nitrogens is 3. The largest absolute Gasteiger partial charge is 0.387 e. The molecule has 9 rings (SSSR count). The Bertz CT molecular complexity index is 1660. The topological polar surface area (TPSA) is 171 Å². The Kier molecular flexibility index (Phi) is 11.4. The van der Waals surface area contributed by atoms with E-state index < -0.39 is 6.10 Å². The summed E-state index contributed by atoms with van der Waals surface area (Å²) in [5.41, 5.74) is 20.8. The van der Waals surface area contributed by atoms with Crippen LogP contribution >= 0.6 is 47.8 Å². The first-order chi connectivity index (χ1) is 24.3. The fourth-order valence-corrected chi connectivity index (χ4v) is 8.57. The van der Waals surface area contributed by atoms with Crippen LogP contribution in [0.25, 0.3) is 10.4 Å². The number of nitrogens with two attached hydrogens (primary N) is 1. The molecule has 0 bridgehead atoms. The van der Waals surface area contributed by atoms with Gasteiger partial charge in [-0.2, -0.15) is 0 Å². The number of aliphatic hydroxyl groups excluding tert-OH is 1. The van der Waals surface area contributed by atoms with E-state index in [-0.39, 0.29) is 24.2 Å². The van der Waals surface area contributed by atoms with Gasteiger partial charge in [0.2, 0.25) is 0 Å². The monoisotopic (exact) mass is 876 g/mol. The maximum atomic E-state index is 10.0. The van der Waals surface area contributed by atoms with Gasteiger partial charge in [-0.1, -0.05) is 5.11 Å². The van der Waals surface area contributed by atoms with Crippen molar-refractivity contribution in [3.05, 3.63) is 77.7 Å². The zero-order valence-corrected chi connectivity index (χ0v) is 32.1. The van der Waals surface area contributed by atoms with Gasteiger partial charge in [-0.3, -0.25) is 15.0 Å². The van der Waals surface area contributed by atoms with E-state index in [1.165, 1.54) is 5.69 Å². The Labute approximate surface area is 315 Å². The van der Waals surface area contributed by atoms with Gasteiger partial charge in [0.05, 0.1) is 104 Å². The lowest BCUT2D eigenvalue weighted by Crippen LogP contribution is -2.50. The van der Waals surface area contributed by atoms with Crippen LogP contribution in [0.15, 0.2) is 55.3 Å². The highest BCUT2D eigenvalue weighted by atomic mass is 79.9. The highest BCUT2D eigenvalue weighted by Crippen LogP contribution is 2.41. The van der Waals surface area contributed by atoms with Crippen LogP contribution in [0.3, 0.4) is 0 Å². The third kappa shape index (κ3) is 7.62. The molecular weight excluding hydrogens is 840 g/mol. The van der Waals surface area contributed by atoms with Crippen molar-refractivity contribution >= 4 is 64.9 Å². The predicted octanol–water partition coefficient (Wildman–Crippen LogP) is 5.74. The van der Waals surface area contributed by atoms with Crippen molar-refractivity contribution in [1.82, 2.24) is 15.0 Å². The number of halogens is 3. The SMILES string of the molecule is NC1CC2COCCN2c2cc(Br)cnc21.OC1CC2COCCN2c2cc(Br)cnc21.[N-]=[N+]=NC1CC2COCCN2c2cc(Br)cnc21. The van der Waals surface area contributed by atoms with Crippen molar-refractivity contribution in [1.29, 1.82) is 0 Å². The van der Waals surface area contributed by atoms with Gasteiger partial charge in [0.15, 0.2) is 0 Å². The van der Waals surface area contributed by atoms with Crippen LogP contribution in [0, 0.1) is 0 Å². The van der Waals surface area contributed by atoms with Crippen LogP contribution < -0.4 is 20.4 Å². The second-order valence-corrected chi connectivity index (χ2v) is 15.7. The molecule has 6 unspecified atom stereocenters. The fourth-order valence-electron chi connectivity index (χ4n) is 7.62. The van der Waals surface area contributed by atoms with Gasteiger partial charge in [0.1, 0.15) is 6.10 Å². The zero-order valence-electron chi connectivity index (χ0n) is 27.3. The van der Waals surface area contributed by atoms with Crippen molar-refractivity contribution in [2.24, 2.45) is 10.8 Å². The molecule has 3 fully saturated rings. The first-order valence-corrected chi connectivity index (χ1v) is 19.2. The Hall–Kier alpha value is -2.60. The van der Waals surface area contributed by atoms with Gasteiger partial charge in [-0.15, -0.1) is 0 Å². The van der Waals surface area contributed by atoms with E-state index in [9.17, 15) is 5.11 Å². The molecule has 0 saturated carbocycles. The minimum atomic E-state index is -0.467. The number of ether oxygens (including phenoxy) is 3. The highest BCUT2D eigenvalue weighted by Gasteiger charge is 2.37. The predicted molar refractivity (Wildman–Crippen MR) is 199 cm³/mol. The molecule has 9 heterocycles. The molecule has 0 spiro atoms. The van der Waals surface area contributed by atoms with Crippen molar-refractivity contribution in [3.8, 4) is 0 Å². The molecule has 6 atom stereocenters. The third-order valence-corrected chi connectivity index (χ3v) is 11.2. The van der Waals surface area contributed by atoms with E-state index in [4.69, 9.17) is 25.5 Å². The minimum absolute atomic E-state index is 0.0334. The van der Waals surface area contributed by atoms with Crippen LogP contribution in [0.4, 0.5) is 17.1 Å². The summed E-state index contributed by atoms with van der Waals surface area (Å²) in [6.07, 6.45) is 7.25. The summed E-state index contributed by atoms with van der Waals surface area (Å²) in [4.78, 5) is 23.1. The van der Waals surface area contributed by atoms with Crippen molar-refractivity contribution in [2.45, 2.75) is 55.6 Å². The highest BCUT2D eigenvalue weighted by molar-refractivity contribution is 9.11. The fraction of sp³-hybridized carbons (Fsp3) is 0.545. The number of rotatable bonds is 1. The van der Waals surface area contributed by atoms with Crippen LogP contribution in [-0.4, -0.2) is 97.5 Å². The van der Waals surface area contributed by atoms with Crippen molar-refractivity contribution < 1.29 is 19.3 Å². The summed E-state index contributed by atoms with van der Waals surface area (Å²) >= 11 is 10.3. The number of nitrogens with zero attached hydrogens (tertiary/aromatic N) is 9. The summed E-state index contributed by atoms with van der Waals surface area (Å²) in [6.45, 7) is 7.10. The lowest BCUT2D eigenvalue weighted by atomic mass is 9.95. The van der Waals surface area contributed by atoms with E-state index in [0.717, 1.165) is 101 Å². The molecule has 14 nitrogen and oxygen atoms in total. The number of anilines is 3. The molecule has 0 aliphatic carbocycles. The number of pyridine rings is 3. The number of hydrogen-bond donors (Lipinski definition) is 2. The van der Waals surface area contributed by atoms with Gasteiger partial charge >= 0.3 is 0 Å². The Morgan fingerprint density at radius 1 is 0.700 bits per heavy atom. The summed E-state index contributed by atoms with van der Waals surface area (Å²) in [5.74, 6) is 0. The van der Waals surface area contributed by atoms with Crippen LogP contribution in [0.1, 0.15) is 54.5 Å². The summed E-state index contributed by atoms with van der Waals surface area (Å²) in [6, 6.07) is 6.99. The van der Waals surface area contributed by atoms with Gasteiger partial charge in [-0.05, 0) is 84.4 Å². The van der Waals surface area contributed by atoms with Crippen molar-refractivity contribution in [3.63, 3.8) is 0 Å². The molecule has 50 heavy (non-hydrogen) atoms. The molecular formula is C33H39Br3N10O4. The Balaban J connectivity index is 0.000000118. The van der Waals surface area contributed by atoms with Gasteiger partial charge in [-0.25, -0.2) is 0 Å². The van der Waals surface area contributed by atoms with E-state index in [1.807, 2.05) is 18.3 Å². The first-order valence-electron chi connectivity index (χ1n) is 16.8. The number of fused-ring (bicyclic) bond motifs is 9. The average Bonchev–Trinajstić information content (AvgIpc) is 3.12. The normalized spacial score (nSPS) is 27.6. The average molecular weight is 879 g/mol. The molecule has 0 aromatic carbocycles. The lowest BCUT2D eigenvalue weighted by Gasteiger charge is -2.43. The van der Waals surface area contributed by atoms with Crippen LogP contribution in [-0.2, 0) is 14.2 Å². The van der Waals surface area contributed by atoms with E-state index >= 15 is 0 Å². The smallest absolute Gasteiger partial charge is 0.100 e. The Morgan fingerprint density at radius 3 is 1.68 bits per heavy atom. The molecule has 6 aliphatic rings. The first kappa shape index (κ1) is 35.8. The van der Waals surface area contributed by atoms with E-state index in [1.54, 1.807) is 12.4 Å². The third-order valence-electron chi connectivity index (χ3n) is 9.89. The molecule has 0 radical (unpaired) electrons. The summed E-state index contributed by atoms with van der Waals surface area (Å²) in [7, 11) is 0. The molecule has 3 aromatic heterocycles. The number of aliphatic hydroxyl groups is 1. The number of hydrogen-bond acceptors (Lipinski definition) is 12. The summed E-state index contributed by atoms with van der Waals surface area (Å²) < 4.78 is 19.3. The maximum Gasteiger partial charge on any atom is 0.100 e. The molecule has 266 valence electrons. The Morgan fingerprint density at radius 2 is 1.14 bits per heavy atom. The molecule has 17 heteroatoms. The molecule has 3 saturated heterocycles. The second kappa shape index (κ2) is 16.0. The molecule has 3 N–H and O–H groups in total. The molecule has 6 aliphatic heterocycles. The molecule has 3 aromatic rings. The second-order valence-electron chi connectivity index (χ2n) is 13.0. The van der Waals surface area contributed by atoms with Gasteiger partial charge in [0.25, 0.3) is 0 Å². The quantitative estimate of drug-likeness (QED) is 0.174. The van der Waals surface area contributed by atoms with Crippen LogP contribution in [0.5, 0.6) is 0 Å². The van der Waals surface area contributed by atoms with E-state index in [0.29, 0.717) is 25.7 Å². The lowest BCUT2D eigenvalue weighted by molar-refractivity contribution is 0.0596.